The van der Waals surface area contributed by atoms with Crippen LogP contribution in [0.1, 0.15) is 28.0 Å². The number of nitrogens with one attached hydrogen (secondary N) is 1. The number of aryl methyl sites for hydroxylation is 2. The second kappa shape index (κ2) is 5.06. The first kappa shape index (κ1) is 14.2. The molecule has 2 rings (SSSR count). The van der Waals surface area contributed by atoms with Crippen LogP contribution < -0.4 is 4.72 Å². The fourth-order valence-electron chi connectivity index (χ4n) is 1.49. The molecule has 0 radical (unpaired) electrons. The predicted octanol–water partition coefficient (Wildman–Crippen LogP) is 0.456. The van der Waals surface area contributed by atoms with Gasteiger partial charge >= 0.3 is 5.97 Å². The highest BCUT2D eigenvalue weighted by molar-refractivity contribution is 7.89. The molecule has 0 atom stereocenters. The number of hydrogen-bond donors (Lipinski definition) is 2. The summed E-state index contributed by atoms with van der Waals surface area (Å²) in [6.45, 7) is 2.76. The fourth-order valence-corrected chi connectivity index (χ4v) is 2.64. The molecule has 0 saturated heterocycles. The van der Waals surface area contributed by atoms with Gasteiger partial charge in [0.05, 0.1) is 6.54 Å². The van der Waals surface area contributed by atoms with E-state index in [-0.39, 0.29) is 23.0 Å². The van der Waals surface area contributed by atoms with Gasteiger partial charge in [-0.25, -0.2) is 17.9 Å². The van der Waals surface area contributed by atoms with Gasteiger partial charge < -0.3 is 14.0 Å². The second-order valence-corrected chi connectivity index (χ2v) is 5.63. The van der Waals surface area contributed by atoms with Crippen LogP contribution in [0.3, 0.4) is 0 Å². The Morgan fingerprint density at radius 1 is 1.45 bits per heavy atom. The molecule has 0 unspecified atom stereocenters. The van der Waals surface area contributed by atoms with E-state index < -0.39 is 21.8 Å². The Hall–Kier alpha value is -2.20. The number of carbonyl (C=O) groups is 1. The average molecular weight is 301 g/mol. The zero-order chi connectivity index (χ0) is 14.9. The highest BCUT2D eigenvalue weighted by Gasteiger charge is 2.24. The normalized spacial score (nSPS) is 11.7. The minimum Gasteiger partial charge on any atom is -0.475 e. The number of aromatic carboxylic acids is 1. The van der Waals surface area contributed by atoms with Crippen molar-refractivity contribution in [2.45, 2.75) is 25.3 Å². The van der Waals surface area contributed by atoms with Crippen LogP contribution in [0.2, 0.25) is 0 Å². The standard InChI is InChI=1S/C10H11N3O6S/c1-5-8(3-7(18-5)10(14)15)20(16,17)11-4-9-12-6(2)19-13-9/h3,11H,4H2,1-2H3,(H,14,15). The van der Waals surface area contributed by atoms with Crippen molar-refractivity contribution < 1.29 is 27.3 Å². The van der Waals surface area contributed by atoms with E-state index in [1.165, 1.54) is 6.92 Å². The quantitative estimate of drug-likeness (QED) is 0.812. The molecule has 0 amide bonds. The number of rotatable bonds is 5. The molecule has 0 spiro atoms. The van der Waals surface area contributed by atoms with Crippen LogP contribution in [0.5, 0.6) is 0 Å². The first-order chi connectivity index (χ1) is 9.29. The second-order valence-electron chi connectivity index (χ2n) is 3.89. The third-order valence-corrected chi connectivity index (χ3v) is 3.87. The van der Waals surface area contributed by atoms with Crippen LogP contribution in [0.15, 0.2) is 19.9 Å². The molecule has 0 fully saturated rings. The summed E-state index contributed by atoms with van der Waals surface area (Å²) in [4.78, 5) is 14.3. The minimum absolute atomic E-state index is 0.0146. The zero-order valence-corrected chi connectivity index (χ0v) is 11.4. The maximum Gasteiger partial charge on any atom is 0.371 e. The van der Waals surface area contributed by atoms with Gasteiger partial charge in [0.2, 0.25) is 21.7 Å². The molecule has 0 aromatic carbocycles. The Bertz CT molecular complexity index is 745. The summed E-state index contributed by atoms with van der Waals surface area (Å²) in [6.07, 6.45) is 0. The van der Waals surface area contributed by atoms with Crippen LogP contribution in [-0.4, -0.2) is 29.6 Å². The Labute approximate surface area is 113 Å². The van der Waals surface area contributed by atoms with Crippen molar-refractivity contribution in [2.24, 2.45) is 0 Å². The van der Waals surface area contributed by atoms with Crippen LogP contribution in [0.25, 0.3) is 0 Å². The number of nitrogens with zero attached hydrogens (tertiary/aromatic N) is 2. The SMILES string of the molecule is Cc1nc(CNS(=O)(=O)c2cc(C(=O)O)oc2C)no1. The van der Waals surface area contributed by atoms with E-state index in [2.05, 4.69) is 14.9 Å². The van der Waals surface area contributed by atoms with E-state index in [1.54, 1.807) is 6.92 Å². The van der Waals surface area contributed by atoms with Crippen molar-refractivity contribution in [3.05, 3.63) is 29.3 Å². The third kappa shape index (κ3) is 2.86. The van der Waals surface area contributed by atoms with E-state index >= 15 is 0 Å². The molecule has 2 N–H and O–H groups in total. The highest BCUT2D eigenvalue weighted by atomic mass is 32.2. The van der Waals surface area contributed by atoms with Crippen LogP contribution >= 0.6 is 0 Å². The van der Waals surface area contributed by atoms with Crippen molar-refractivity contribution in [1.29, 1.82) is 0 Å². The summed E-state index contributed by atoms with van der Waals surface area (Å²) in [5.74, 6) is -1.32. The maximum atomic E-state index is 12.0. The molecule has 2 aromatic rings. The first-order valence-corrected chi connectivity index (χ1v) is 6.90. The average Bonchev–Trinajstić information content (AvgIpc) is 2.93. The third-order valence-electron chi connectivity index (χ3n) is 2.36. The lowest BCUT2D eigenvalue weighted by Gasteiger charge is -2.02. The molecule has 2 heterocycles. The molecule has 2 aromatic heterocycles. The number of furan rings is 1. The smallest absolute Gasteiger partial charge is 0.371 e. The summed E-state index contributed by atoms with van der Waals surface area (Å²) in [7, 11) is -3.92. The molecule has 0 aliphatic heterocycles. The number of sulfonamides is 1. The molecule has 0 bridgehead atoms. The van der Waals surface area contributed by atoms with Crippen LogP contribution in [0.4, 0.5) is 0 Å². The number of aromatic nitrogens is 2. The van der Waals surface area contributed by atoms with Gasteiger partial charge in [0.25, 0.3) is 0 Å². The van der Waals surface area contributed by atoms with E-state index in [9.17, 15) is 13.2 Å². The highest BCUT2D eigenvalue weighted by Crippen LogP contribution is 2.20. The van der Waals surface area contributed by atoms with Crippen molar-refractivity contribution in [3.63, 3.8) is 0 Å². The van der Waals surface area contributed by atoms with Gasteiger partial charge in [-0.2, -0.15) is 4.98 Å². The van der Waals surface area contributed by atoms with Gasteiger partial charge in [0.1, 0.15) is 10.7 Å². The van der Waals surface area contributed by atoms with Gasteiger partial charge in [-0.15, -0.1) is 0 Å². The molecule has 0 saturated carbocycles. The number of carboxylic acids is 1. The zero-order valence-electron chi connectivity index (χ0n) is 10.6. The number of carboxylic acid groups (broad SMARTS) is 1. The van der Waals surface area contributed by atoms with E-state index in [1.807, 2.05) is 0 Å². The summed E-state index contributed by atoms with van der Waals surface area (Å²) in [5, 5.41) is 12.3. The first-order valence-electron chi connectivity index (χ1n) is 5.42. The van der Waals surface area contributed by atoms with E-state index in [0.717, 1.165) is 6.07 Å². The predicted molar refractivity (Wildman–Crippen MR) is 63.5 cm³/mol. The van der Waals surface area contributed by atoms with Crippen LogP contribution in [0, 0.1) is 13.8 Å². The molecule has 10 heteroatoms. The lowest BCUT2D eigenvalue weighted by atomic mass is 10.4. The van der Waals surface area contributed by atoms with E-state index in [0.29, 0.717) is 5.89 Å². The summed E-state index contributed by atoms with van der Waals surface area (Å²) >= 11 is 0. The lowest BCUT2D eigenvalue weighted by Crippen LogP contribution is -2.24. The lowest BCUT2D eigenvalue weighted by molar-refractivity contribution is 0.0661. The molecule has 0 aliphatic rings. The maximum absolute atomic E-state index is 12.0. The largest absolute Gasteiger partial charge is 0.475 e. The molecule has 0 aliphatic carbocycles. The molecular formula is C10H11N3O6S. The summed E-state index contributed by atoms with van der Waals surface area (Å²) in [5.41, 5.74) is 0. The fraction of sp³-hybridized carbons (Fsp3) is 0.300. The minimum atomic E-state index is -3.92. The van der Waals surface area contributed by atoms with Crippen molar-refractivity contribution in [2.75, 3.05) is 0 Å². The summed E-state index contributed by atoms with van der Waals surface area (Å²) < 4.78 is 35.8. The van der Waals surface area contributed by atoms with Gasteiger partial charge in [-0.1, -0.05) is 5.16 Å². The molecular weight excluding hydrogens is 290 g/mol. The van der Waals surface area contributed by atoms with Crippen molar-refractivity contribution >= 4 is 16.0 Å². The monoisotopic (exact) mass is 301 g/mol. The molecule has 20 heavy (non-hydrogen) atoms. The summed E-state index contributed by atoms with van der Waals surface area (Å²) in [6, 6.07) is 0.946. The van der Waals surface area contributed by atoms with Crippen molar-refractivity contribution in [3.8, 4) is 0 Å². The Balaban J connectivity index is 2.20. The molecule has 108 valence electrons. The Kier molecular flexibility index (Phi) is 3.59. The van der Waals surface area contributed by atoms with Gasteiger partial charge in [-0.05, 0) is 6.92 Å². The van der Waals surface area contributed by atoms with Gasteiger partial charge in [0.15, 0.2) is 5.82 Å². The van der Waals surface area contributed by atoms with Crippen LogP contribution in [-0.2, 0) is 16.6 Å². The Morgan fingerprint density at radius 2 is 2.15 bits per heavy atom. The van der Waals surface area contributed by atoms with E-state index in [4.69, 9.17) is 14.0 Å². The van der Waals surface area contributed by atoms with Gasteiger partial charge in [-0.3, -0.25) is 0 Å². The Morgan fingerprint density at radius 3 is 2.65 bits per heavy atom. The van der Waals surface area contributed by atoms with Crippen molar-refractivity contribution in [1.82, 2.24) is 14.9 Å². The molecule has 9 nitrogen and oxygen atoms in total. The van der Waals surface area contributed by atoms with Gasteiger partial charge in [0, 0.05) is 13.0 Å². The number of hydrogen-bond acceptors (Lipinski definition) is 7. The topological polar surface area (TPSA) is 136 Å².